The second kappa shape index (κ2) is 18.6. The molecule has 4 aromatic carbocycles. The summed E-state index contributed by atoms with van der Waals surface area (Å²) in [7, 11) is -4.37. The fourth-order valence-corrected chi connectivity index (χ4v) is 8.03. The van der Waals surface area contributed by atoms with Crippen LogP contribution >= 0.6 is 0 Å². The third-order valence-electron chi connectivity index (χ3n) is 7.31. The maximum absolute atomic E-state index is 11.2. The largest absolute Gasteiger partial charge is 0.744 e. The van der Waals surface area contributed by atoms with Crippen LogP contribution in [0.1, 0.15) is 82.3 Å². The van der Waals surface area contributed by atoms with Crippen molar-refractivity contribution in [3.05, 3.63) is 120 Å². The van der Waals surface area contributed by atoms with Gasteiger partial charge in [-0.1, -0.05) is 138 Å². The van der Waals surface area contributed by atoms with Crippen LogP contribution in [-0.2, 0) is 27.4 Å². The van der Waals surface area contributed by atoms with Crippen LogP contribution < -0.4 is 0 Å². The van der Waals surface area contributed by atoms with Crippen molar-refractivity contribution in [2.75, 3.05) is 0 Å². The first-order valence-electron chi connectivity index (χ1n) is 15.4. The van der Waals surface area contributed by atoms with Crippen molar-refractivity contribution in [1.29, 1.82) is 0 Å². The second-order valence-electron chi connectivity index (χ2n) is 10.7. The van der Waals surface area contributed by atoms with Gasteiger partial charge in [0, 0.05) is 5.56 Å². The Balaban J connectivity index is 0.000000231. The molecule has 224 valence electrons. The summed E-state index contributed by atoms with van der Waals surface area (Å²) in [6.45, 7) is 4.43. The predicted octanol–water partition coefficient (Wildman–Crippen LogP) is 10.1. The van der Waals surface area contributed by atoms with E-state index in [2.05, 4.69) is 98.8 Å². The third-order valence-corrected chi connectivity index (χ3v) is 10.6. The molecule has 0 heterocycles. The Morgan fingerprint density at radius 2 is 1.02 bits per heavy atom. The van der Waals surface area contributed by atoms with E-state index in [0.29, 0.717) is 12.0 Å². The summed E-state index contributed by atoms with van der Waals surface area (Å²) in [6.07, 6.45) is 13.2. The van der Waals surface area contributed by atoms with E-state index in [4.69, 9.17) is 0 Å². The van der Waals surface area contributed by atoms with E-state index in [1.165, 1.54) is 77.7 Å². The molecule has 0 fully saturated rings. The molecule has 0 spiro atoms. The van der Waals surface area contributed by atoms with E-state index < -0.39 is 10.1 Å². The lowest BCUT2D eigenvalue weighted by molar-refractivity contribution is 0.461. The minimum atomic E-state index is -4.35. The van der Waals surface area contributed by atoms with Gasteiger partial charge in [-0.25, -0.2) is 8.42 Å². The minimum Gasteiger partial charge on any atom is -0.744 e. The zero-order valence-corrected chi connectivity index (χ0v) is 26.8. The Labute approximate surface area is 257 Å². The first-order valence-corrected chi connectivity index (χ1v) is 18.0. The van der Waals surface area contributed by atoms with E-state index in [1.54, 1.807) is 18.2 Å². The number of unbranched alkanes of at least 4 members (excludes halogenated alkanes) is 9. The smallest absolute Gasteiger partial charge is 0.169 e. The van der Waals surface area contributed by atoms with Gasteiger partial charge in [0.25, 0.3) is 0 Å². The summed E-state index contributed by atoms with van der Waals surface area (Å²) in [5, 5.41) is 0. The van der Waals surface area contributed by atoms with Crippen LogP contribution in [0.25, 0.3) is 0 Å². The van der Waals surface area contributed by atoms with Crippen molar-refractivity contribution in [2.45, 2.75) is 104 Å². The molecule has 5 heteroatoms. The summed E-state index contributed by atoms with van der Waals surface area (Å²) in [5.74, 6) is 0. The third kappa shape index (κ3) is 11.4. The molecule has 3 nitrogen and oxygen atoms in total. The lowest BCUT2D eigenvalue weighted by Crippen LogP contribution is -2.06. The van der Waals surface area contributed by atoms with Crippen LogP contribution in [0.15, 0.2) is 129 Å². The molecular weight excluding hydrogens is 557 g/mol. The molecular formula is C37H46O3S2. The highest BCUT2D eigenvalue weighted by molar-refractivity contribution is 7.97. The molecule has 0 bridgehead atoms. The highest BCUT2D eigenvalue weighted by Crippen LogP contribution is 2.32. The molecule has 0 aliphatic rings. The molecule has 0 radical (unpaired) electrons. The van der Waals surface area contributed by atoms with Crippen LogP contribution in [0.4, 0.5) is 0 Å². The number of hydrogen-bond acceptors (Lipinski definition) is 3. The highest BCUT2D eigenvalue weighted by atomic mass is 32.2. The molecule has 0 atom stereocenters. The fourth-order valence-electron chi connectivity index (χ4n) is 5.05. The zero-order valence-electron chi connectivity index (χ0n) is 25.2. The van der Waals surface area contributed by atoms with E-state index in [1.807, 2.05) is 0 Å². The molecule has 0 aliphatic carbocycles. The lowest BCUT2D eigenvalue weighted by Gasteiger charge is -2.12. The van der Waals surface area contributed by atoms with Crippen molar-refractivity contribution in [3.63, 3.8) is 0 Å². The summed E-state index contributed by atoms with van der Waals surface area (Å²) >= 11 is 0. The number of hydrogen-bond donors (Lipinski definition) is 0. The summed E-state index contributed by atoms with van der Waals surface area (Å²) in [6, 6.07) is 36.8. The summed E-state index contributed by atoms with van der Waals surface area (Å²) in [4.78, 5) is 4.09. The molecule has 0 saturated carbocycles. The minimum absolute atomic E-state index is 0.0262. The van der Waals surface area contributed by atoms with Gasteiger partial charge in [-0.15, -0.1) is 0 Å². The van der Waals surface area contributed by atoms with E-state index >= 15 is 0 Å². The van der Waals surface area contributed by atoms with Gasteiger partial charge in [-0.05, 0) is 61.7 Å². The molecule has 4 rings (SSSR count). The molecule has 0 amide bonds. The molecule has 0 aliphatic heterocycles. The quantitative estimate of drug-likeness (QED) is 0.0773. The average Bonchev–Trinajstić information content (AvgIpc) is 3.00. The van der Waals surface area contributed by atoms with Crippen LogP contribution in [0, 0.1) is 6.92 Å². The predicted molar refractivity (Wildman–Crippen MR) is 176 cm³/mol. The van der Waals surface area contributed by atoms with Gasteiger partial charge >= 0.3 is 0 Å². The number of rotatable bonds is 15. The maximum atomic E-state index is 11.2. The van der Waals surface area contributed by atoms with Gasteiger partial charge < -0.3 is 4.55 Å². The molecule has 0 aromatic heterocycles. The Hall–Kier alpha value is -2.86. The van der Waals surface area contributed by atoms with Gasteiger partial charge in [0.2, 0.25) is 0 Å². The Morgan fingerprint density at radius 1 is 0.571 bits per heavy atom. The molecule has 4 aromatic rings. The topological polar surface area (TPSA) is 57.2 Å². The van der Waals surface area contributed by atoms with Crippen LogP contribution in [0.3, 0.4) is 0 Å². The van der Waals surface area contributed by atoms with E-state index in [-0.39, 0.29) is 15.8 Å². The van der Waals surface area contributed by atoms with Crippen LogP contribution in [0.5, 0.6) is 0 Å². The van der Waals surface area contributed by atoms with Gasteiger partial charge in [0.15, 0.2) is 14.7 Å². The lowest BCUT2D eigenvalue weighted by atomic mass is 10.0. The first kappa shape index (κ1) is 33.6. The van der Waals surface area contributed by atoms with Crippen LogP contribution in [0.2, 0.25) is 0 Å². The van der Waals surface area contributed by atoms with E-state index in [0.717, 1.165) is 12.8 Å². The molecule has 0 unspecified atom stereocenters. The zero-order chi connectivity index (χ0) is 30.0. The van der Waals surface area contributed by atoms with Crippen molar-refractivity contribution in [1.82, 2.24) is 0 Å². The number of benzene rings is 4. The normalized spacial score (nSPS) is 11.2. The van der Waals surface area contributed by atoms with Crippen molar-refractivity contribution >= 4 is 21.0 Å². The summed E-state index contributed by atoms with van der Waals surface area (Å²) in [5.41, 5.74) is 2.01. The fraction of sp³-hybridized carbons (Fsp3) is 0.351. The van der Waals surface area contributed by atoms with Crippen molar-refractivity contribution < 1.29 is 13.0 Å². The molecule has 42 heavy (non-hydrogen) atoms. The van der Waals surface area contributed by atoms with Gasteiger partial charge in [0.1, 0.15) is 10.1 Å². The molecule has 0 N–H and O–H groups in total. The standard InChI is InChI=1S/C19H17S.C18H30O3S/c1-16-10-8-9-15-19(16)20(17-11-4-2-5-12-17)18-13-6-3-7-14-18;1-2-3-4-5-6-7-8-9-10-11-14-17-15-12-13-16-18(17)22(19,20)21/h2-15H,1H3;12-13,15-16H,2-11,14H2,1H3,(H,19,20,21)/q+1;/p-1. The maximum Gasteiger partial charge on any atom is 0.169 e. The average molecular weight is 603 g/mol. The first-order chi connectivity index (χ1) is 20.4. The monoisotopic (exact) mass is 602 g/mol. The van der Waals surface area contributed by atoms with E-state index in [9.17, 15) is 13.0 Å². The Bertz CT molecular complexity index is 1360. The van der Waals surface area contributed by atoms with Gasteiger partial charge in [-0.2, -0.15) is 0 Å². The van der Waals surface area contributed by atoms with Gasteiger partial charge in [-0.3, -0.25) is 0 Å². The Kier molecular flexibility index (Phi) is 14.9. The summed E-state index contributed by atoms with van der Waals surface area (Å²) < 4.78 is 33.5. The Morgan fingerprint density at radius 3 is 1.55 bits per heavy atom. The van der Waals surface area contributed by atoms with Crippen LogP contribution in [-0.4, -0.2) is 13.0 Å². The van der Waals surface area contributed by atoms with Crippen molar-refractivity contribution in [3.8, 4) is 0 Å². The molecule has 0 saturated heterocycles. The highest BCUT2D eigenvalue weighted by Gasteiger charge is 2.29. The van der Waals surface area contributed by atoms with Crippen molar-refractivity contribution in [2.24, 2.45) is 0 Å². The SMILES string of the molecule is CCCCCCCCCCCCc1ccccc1S(=O)(=O)[O-].Cc1ccccc1[S+](c1ccccc1)c1ccccc1. The number of aryl methyl sites for hydroxylation is 2. The van der Waals surface area contributed by atoms with Gasteiger partial charge in [0.05, 0.1) is 15.8 Å². The second-order valence-corrected chi connectivity index (χ2v) is 14.0.